The van der Waals surface area contributed by atoms with Gasteiger partial charge in [-0.05, 0) is 25.1 Å². The molecule has 1 aliphatic heterocycles. The van der Waals surface area contributed by atoms with Crippen LogP contribution in [0.25, 0.3) is 0 Å². The molecular formula is C17H20ClN3O5. The fraction of sp³-hybridized carbons (Fsp3) is 0.412. The minimum atomic E-state index is -1.15. The number of halogens is 1. The zero-order valence-corrected chi connectivity index (χ0v) is 15.4. The Balaban J connectivity index is 2.31. The number of hydrazine groups is 1. The number of amides is 4. The summed E-state index contributed by atoms with van der Waals surface area (Å²) in [7, 11) is 0. The molecule has 0 aromatic heterocycles. The van der Waals surface area contributed by atoms with Gasteiger partial charge >= 0.3 is 6.09 Å². The lowest BCUT2D eigenvalue weighted by Crippen LogP contribution is -2.56. The first-order valence-corrected chi connectivity index (χ1v) is 8.52. The molecule has 0 spiro atoms. The molecule has 140 valence electrons. The second kappa shape index (κ2) is 8.18. The molecule has 4 amide bonds. The van der Waals surface area contributed by atoms with E-state index in [9.17, 15) is 19.2 Å². The van der Waals surface area contributed by atoms with Crippen LogP contribution in [0.5, 0.6) is 0 Å². The minimum Gasteiger partial charge on any atom is -0.449 e. The van der Waals surface area contributed by atoms with E-state index in [4.69, 9.17) is 16.3 Å². The highest BCUT2D eigenvalue weighted by atomic mass is 35.5. The Kier molecular flexibility index (Phi) is 6.20. The van der Waals surface area contributed by atoms with Gasteiger partial charge in [0.2, 0.25) is 11.8 Å². The molecule has 1 heterocycles. The first kappa shape index (κ1) is 19.7. The van der Waals surface area contributed by atoms with Gasteiger partial charge in [0.25, 0.3) is 5.91 Å². The number of carbonyl (C=O) groups is 4. The summed E-state index contributed by atoms with van der Waals surface area (Å²) in [5.41, 5.74) is 2.58. The van der Waals surface area contributed by atoms with Crippen LogP contribution in [0.2, 0.25) is 5.02 Å². The minimum absolute atomic E-state index is 0.0989. The molecule has 9 heteroatoms. The van der Waals surface area contributed by atoms with Gasteiger partial charge in [0.1, 0.15) is 6.04 Å². The zero-order chi connectivity index (χ0) is 19.4. The lowest BCUT2D eigenvalue weighted by molar-refractivity contribution is -0.144. The summed E-state index contributed by atoms with van der Waals surface area (Å²) in [6, 6.07) is 5.12. The number of benzene rings is 1. The van der Waals surface area contributed by atoms with E-state index in [1.807, 2.05) is 0 Å². The second-order valence-electron chi connectivity index (χ2n) is 5.96. The Morgan fingerprint density at radius 1 is 1.38 bits per heavy atom. The molecule has 1 fully saturated rings. The molecule has 0 radical (unpaired) electrons. The molecule has 2 rings (SSSR count). The summed E-state index contributed by atoms with van der Waals surface area (Å²) >= 11 is 5.93. The van der Waals surface area contributed by atoms with Crippen molar-refractivity contribution in [1.82, 2.24) is 10.4 Å². The van der Waals surface area contributed by atoms with Gasteiger partial charge in [-0.15, -0.1) is 0 Å². The van der Waals surface area contributed by atoms with Crippen LogP contribution in [-0.2, 0) is 19.1 Å². The summed E-state index contributed by atoms with van der Waals surface area (Å²) in [6.07, 6.45) is -1.13. The van der Waals surface area contributed by atoms with Gasteiger partial charge in [0.15, 0.2) is 0 Å². The van der Waals surface area contributed by atoms with E-state index in [1.54, 1.807) is 39.0 Å². The SMILES string of the molecule is CCOC(=O)NN(C(=O)C(C)C)[C@H]1CC(=O)N(c2cccc(Cl)c2)C1=O. The van der Waals surface area contributed by atoms with Crippen LogP contribution >= 0.6 is 11.6 Å². The number of hydrogen-bond donors (Lipinski definition) is 1. The lowest BCUT2D eigenvalue weighted by Gasteiger charge is -2.28. The highest BCUT2D eigenvalue weighted by Gasteiger charge is 2.45. The highest BCUT2D eigenvalue weighted by molar-refractivity contribution is 6.31. The number of nitrogens with zero attached hydrogens (tertiary/aromatic N) is 2. The van der Waals surface area contributed by atoms with Crippen molar-refractivity contribution in [3.05, 3.63) is 29.3 Å². The maximum atomic E-state index is 12.8. The average Bonchev–Trinajstić information content (AvgIpc) is 2.86. The summed E-state index contributed by atoms with van der Waals surface area (Å²) in [4.78, 5) is 50.4. The Hall–Kier alpha value is -2.61. The number of nitrogens with one attached hydrogen (secondary N) is 1. The maximum absolute atomic E-state index is 12.8. The van der Waals surface area contributed by atoms with Crippen LogP contribution in [0, 0.1) is 5.92 Å². The third-order valence-corrected chi connectivity index (χ3v) is 3.95. The van der Waals surface area contributed by atoms with Gasteiger partial charge in [-0.2, -0.15) is 0 Å². The van der Waals surface area contributed by atoms with Crippen molar-refractivity contribution in [3.8, 4) is 0 Å². The number of hydrogen-bond acceptors (Lipinski definition) is 5. The van der Waals surface area contributed by atoms with Crippen LogP contribution in [0.1, 0.15) is 27.2 Å². The molecule has 1 saturated heterocycles. The molecule has 1 N–H and O–H groups in total. The van der Waals surface area contributed by atoms with Crippen molar-refractivity contribution in [2.24, 2.45) is 5.92 Å². The van der Waals surface area contributed by atoms with Crippen molar-refractivity contribution in [1.29, 1.82) is 0 Å². The van der Waals surface area contributed by atoms with E-state index in [1.165, 1.54) is 6.07 Å². The van der Waals surface area contributed by atoms with Gasteiger partial charge in [0.05, 0.1) is 18.7 Å². The van der Waals surface area contributed by atoms with E-state index in [-0.39, 0.29) is 13.0 Å². The fourth-order valence-corrected chi connectivity index (χ4v) is 2.72. The van der Waals surface area contributed by atoms with E-state index in [2.05, 4.69) is 5.43 Å². The molecule has 8 nitrogen and oxygen atoms in total. The Morgan fingerprint density at radius 2 is 2.08 bits per heavy atom. The van der Waals surface area contributed by atoms with E-state index >= 15 is 0 Å². The molecule has 0 aliphatic carbocycles. The molecule has 0 saturated carbocycles. The largest absolute Gasteiger partial charge is 0.449 e. The lowest BCUT2D eigenvalue weighted by atomic mass is 10.1. The fourth-order valence-electron chi connectivity index (χ4n) is 2.53. The Bertz CT molecular complexity index is 737. The van der Waals surface area contributed by atoms with Gasteiger partial charge < -0.3 is 4.74 Å². The summed E-state index contributed by atoms with van der Waals surface area (Å²) in [5, 5.41) is 1.25. The number of carbonyl (C=O) groups excluding carboxylic acids is 4. The standard InChI is InChI=1S/C17H20ClN3O5/c1-4-26-17(25)19-21(15(23)10(2)3)13-9-14(22)20(16(13)24)12-7-5-6-11(18)8-12/h5-8,10,13H,4,9H2,1-3H3,(H,19,25)/t13-/m0/s1. The first-order valence-electron chi connectivity index (χ1n) is 8.15. The van der Waals surface area contributed by atoms with Crippen LogP contribution in [0.3, 0.4) is 0 Å². The van der Waals surface area contributed by atoms with Crippen LogP contribution < -0.4 is 10.3 Å². The first-order chi connectivity index (χ1) is 12.3. The number of rotatable bonds is 4. The Labute approximate surface area is 156 Å². The Morgan fingerprint density at radius 3 is 2.65 bits per heavy atom. The second-order valence-corrected chi connectivity index (χ2v) is 6.40. The van der Waals surface area contributed by atoms with Crippen molar-refractivity contribution in [2.75, 3.05) is 11.5 Å². The smallest absolute Gasteiger partial charge is 0.426 e. The third kappa shape index (κ3) is 4.13. The summed E-state index contributed by atoms with van der Waals surface area (Å²) in [5.74, 6) is -2.12. The van der Waals surface area contributed by atoms with Gasteiger partial charge in [-0.3, -0.25) is 14.4 Å². The van der Waals surface area contributed by atoms with Crippen molar-refractivity contribution >= 4 is 41.1 Å². The monoisotopic (exact) mass is 381 g/mol. The molecule has 0 bridgehead atoms. The molecule has 1 atom stereocenters. The summed E-state index contributed by atoms with van der Waals surface area (Å²) < 4.78 is 4.78. The van der Waals surface area contributed by atoms with E-state index < -0.39 is 35.8 Å². The third-order valence-electron chi connectivity index (χ3n) is 3.72. The molecule has 0 unspecified atom stereocenters. The average molecular weight is 382 g/mol. The number of imide groups is 1. The van der Waals surface area contributed by atoms with E-state index in [0.29, 0.717) is 10.7 Å². The zero-order valence-electron chi connectivity index (χ0n) is 14.7. The molecule has 1 aromatic carbocycles. The van der Waals surface area contributed by atoms with Crippen LogP contribution in [-0.4, -0.2) is 41.5 Å². The predicted molar refractivity (Wildman–Crippen MR) is 94.2 cm³/mol. The van der Waals surface area contributed by atoms with Crippen LogP contribution in [0.4, 0.5) is 10.5 Å². The van der Waals surface area contributed by atoms with Crippen LogP contribution in [0.15, 0.2) is 24.3 Å². The van der Waals surface area contributed by atoms with Crippen molar-refractivity contribution in [3.63, 3.8) is 0 Å². The van der Waals surface area contributed by atoms with Gasteiger partial charge in [0, 0.05) is 10.9 Å². The molecule has 1 aromatic rings. The van der Waals surface area contributed by atoms with E-state index in [0.717, 1.165) is 9.91 Å². The number of ether oxygens (including phenoxy) is 1. The number of anilines is 1. The predicted octanol–water partition coefficient (Wildman–Crippen LogP) is 2.12. The maximum Gasteiger partial charge on any atom is 0.426 e. The topological polar surface area (TPSA) is 96.0 Å². The highest BCUT2D eigenvalue weighted by Crippen LogP contribution is 2.27. The van der Waals surface area contributed by atoms with Gasteiger partial charge in [-0.25, -0.2) is 20.1 Å². The molecule has 1 aliphatic rings. The summed E-state index contributed by atoms with van der Waals surface area (Å²) in [6.45, 7) is 4.96. The van der Waals surface area contributed by atoms with Crippen molar-refractivity contribution in [2.45, 2.75) is 33.2 Å². The molecular weight excluding hydrogens is 362 g/mol. The quantitative estimate of drug-likeness (QED) is 0.636. The normalized spacial score (nSPS) is 16.8. The molecule has 26 heavy (non-hydrogen) atoms. The van der Waals surface area contributed by atoms with Crippen molar-refractivity contribution < 1.29 is 23.9 Å². The van der Waals surface area contributed by atoms with Gasteiger partial charge in [-0.1, -0.05) is 31.5 Å².